The first kappa shape index (κ1) is 31.3. The van der Waals surface area contributed by atoms with Gasteiger partial charge in [0.2, 0.25) is 0 Å². The van der Waals surface area contributed by atoms with Gasteiger partial charge in [-0.3, -0.25) is 4.79 Å². The average molecular weight is 630 g/mol. The molecular weight excluding hydrogens is 594 g/mol. The first-order valence-electron chi connectivity index (χ1n) is 14.8. The zero-order valence-electron chi connectivity index (χ0n) is 24.8. The van der Waals surface area contributed by atoms with Gasteiger partial charge in [0.15, 0.2) is 5.16 Å². The number of nitrogens with zero attached hydrogens (tertiary/aromatic N) is 5. The first-order chi connectivity index (χ1) is 21.5. The van der Waals surface area contributed by atoms with Crippen LogP contribution in [0.15, 0.2) is 96.2 Å². The molecule has 1 aliphatic heterocycles. The summed E-state index contributed by atoms with van der Waals surface area (Å²) in [7, 11) is 0. The van der Waals surface area contributed by atoms with E-state index in [0.29, 0.717) is 61.0 Å². The van der Waals surface area contributed by atoms with Crippen molar-refractivity contribution in [1.82, 2.24) is 19.8 Å². The summed E-state index contributed by atoms with van der Waals surface area (Å²) in [5, 5.41) is 1.00. The van der Waals surface area contributed by atoms with E-state index in [9.17, 15) is 9.59 Å². The van der Waals surface area contributed by atoms with Crippen LogP contribution in [0.2, 0.25) is 5.15 Å². The number of hydrogen-bond donors (Lipinski definition) is 0. The molecule has 2 heterocycles. The zero-order valence-corrected chi connectivity index (χ0v) is 26.3. The lowest BCUT2D eigenvalue weighted by Gasteiger charge is -2.34. The number of anilines is 1. The summed E-state index contributed by atoms with van der Waals surface area (Å²) in [5.41, 5.74) is 4.13. The predicted molar refractivity (Wildman–Crippen MR) is 175 cm³/mol. The van der Waals surface area contributed by atoms with Crippen molar-refractivity contribution in [2.45, 2.75) is 30.8 Å². The molecule has 5 rings (SSSR count). The molecule has 8 nitrogen and oxygen atoms in total. The van der Waals surface area contributed by atoms with Gasteiger partial charge in [-0.2, -0.15) is 0 Å². The van der Waals surface area contributed by atoms with Gasteiger partial charge in [-0.05, 0) is 42.2 Å². The Hall–Kier alpha value is -4.08. The largest absolute Gasteiger partial charge is 0.450 e. The van der Waals surface area contributed by atoms with Crippen LogP contribution in [0.4, 0.5) is 10.6 Å². The third kappa shape index (κ3) is 8.74. The van der Waals surface area contributed by atoms with E-state index in [0.717, 1.165) is 24.3 Å². The number of benzene rings is 3. The molecule has 1 aliphatic rings. The molecule has 0 radical (unpaired) electrons. The molecule has 1 saturated heterocycles. The second kappa shape index (κ2) is 15.6. The van der Waals surface area contributed by atoms with Gasteiger partial charge in [-0.15, -0.1) is 0 Å². The van der Waals surface area contributed by atoms with Crippen molar-refractivity contribution in [2.24, 2.45) is 0 Å². The number of halogens is 1. The number of rotatable bonds is 11. The molecule has 1 fully saturated rings. The number of carbonyl (C=O) groups excluding carboxylic acids is 2. The molecule has 0 unspecified atom stereocenters. The van der Waals surface area contributed by atoms with Crippen LogP contribution >= 0.6 is 23.4 Å². The van der Waals surface area contributed by atoms with Crippen LogP contribution in [0.25, 0.3) is 0 Å². The van der Waals surface area contributed by atoms with E-state index in [-0.39, 0.29) is 12.0 Å². The van der Waals surface area contributed by atoms with E-state index < -0.39 is 0 Å². The summed E-state index contributed by atoms with van der Waals surface area (Å²) in [6.07, 6.45) is 0.553. The van der Waals surface area contributed by atoms with Crippen LogP contribution in [0.5, 0.6) is 0 Å². The van der Waals surface area contributed by atoms with Crippen LogP contribution in [0, 0.1) is 0 Å². The van der Waals surface area contributed by atoms with Crippen molar-refractivity contribution >= 4 is 41.2 Å². The van der Waals surface area contributed by atoms with Gasteiger partial charge in [0, 0.05) is 56.7 Å². The minimum absolute atomic E-state index is 0.0375. The number of aromatic nitrogens is 2. The molecule has 2 amide bonds. The van der Waals surface area contributed by atoms with Gasteiger partial charge in [-0.1, -0.05) is 96.2 Å². The number of piperazine rings is 1. The number of thioether (sulfide) groups is 1. The maximum absolute atomic E-state index is 13.1. The molecule has 0 bridgehead atoms. The van der Waals surface area contributed by atoms with Crippen molar-refractivity contribution in [3.63, 3.8) is 0 Å². The summed E-state index contributed by atoms with van der Waals surface area (Å²) in [6, 6.07) is 30.2. The van der Waals surface area contributed by atoms with Crippen molar-refractivity contribution in [1.29, 1.82) is 0 Å². The lowest BCUT2D eigenvalue weighted by Crippen LogP contribution is -2.50. The highest BCUT2D eigenvalue weighted by atomic mass is 35.5. The van der Waals surface area contributed by atoms with Crippen molar-refractivity contribution in [3.8, 4) is 0 Å². The highest BCUT2D eigenvalue weighted by Crippen LogP contribution is 2.26. The fourth-order valence-electron chi connectivity index (χ4n) is 4.98. The van der Waals surface area contributed by atoms with Crippen LogP contribution in [-0.2, 0) is 23.5 Å². The molecule has 228 valence electrons. The molecule has 0 saturated carbocycles. The van der Waals surface area contributed by atoms with E-state index >= 15 is 0 Å². The first-order valence-corrected chi connectivity index (χ1v) is 16.1. The highest BCUT2D eigenvalue weighted by molar-refractivity contribution is 7.98. The smallest absolute Gasteiger partial charge is 0.409 e. The Balaban J connectivity index is 1.21. The molecule has 1 aromatic heterocycles. The predicted octanol–water partition coefficient (Wildman–Crippen LogP) is 6.59. The average Bonchev–Trinajstić information content (AvgIpc) is 3.06. The van der Waals surface area contributed by atoms with E-state index in [4.69, 9.17) is 21.3 Å². The molecule has 0 spiro atoms. The third-order valence-electron chi connectivity index (χ3n) is 7.38. The number of amides is 2. The van der Waals surface area contributed by atoms with Gasteiger partial charge < -0.3 is 19.4 Å². The molecule has 10 heteroatoms. The summed E-state index contributed by atoms with van der Waals surface area (Å²) in [5.74, 6) is 1.38. The maximum Gasteiger partial charge on any atom is 0.409 e. The monoisotopic (exact) mass is 629 g/mol. The molecule has 0 aliphatic carbocycles. The lowest BCUT2D eigenvalue weighted by atomic mass is 10.1. The summed E-state index contributed by atoms with van der Waals surface area (Å²) in [6.45, 7) is 5.52. The number of ether oxygens (including phenoxy) is 1. The standard InChI is InChI=1S/C34H36ClN5O3S/c1-2-43-34(42)39-21-19-38(20-22-39)32(41)29-15-13-28(14-16-29)25-44-33-36-30(35)23-31(37-33)40(24-27-11-7-4-8-12-27)18-17-26-9-5-3-6-10-26/h3-16,23H,2,17-22,24-25H2,1H3. The quantitative estimate of drug-likeness (QED) is 0.105. The molecule has 3 aromatic carbocycles. The van der Waals surface area contributed by atoms with Gasteiger partial charge in [0.05, 0.1) is 6.61 Å². The molecular formula is C34H36ClN5O3S. The Morgan fingerprint density at radius 1 is 0.841 bits per heavy atom. The van der Waals surface area contributed by atoms with Crippen LogP contribution in [0.3, 0.4) is 0 Å². The minimum Gasteiger partial charge on any atom is -0.450 e. The molecule has 44 heavy (non-hydrogen) atoms. The number of hydrogen-bond acceptors (Lipinski definition) is 7. The summed E-state index contributed by atoms with van der Waals surface area (Å²) < 4.78 is 5.07. The van der Waals surface area contributed by atoms with Crippen LogP contribution < -0.4 is 4.90 Å². The minimum atomic E-state index is -0.326. The van der Waals surface area contributed by atoms with Crippen molar-refractivity contribution in [3.05, 3.63) is 118 Å². The van der Waals surface area contributed by atoms with E-state index in [1.54, 1.807) is 16.7 Å². The van der Waals surface area contributed by atoms with Gasteiger partial charge in [0.1, 0.15) is 11.0 Å². The molecule has 0 N–H and O–H groups in total. The Morgan fingerprint density at radius 3 is 2.14 bits per heavy atom. The van der Waals surface area contributed by atoms with Crippen LogP contribution in [-0.4, -0.2) is 71.1 Å². The fourth-order valence-corrected chi connectivity index (χ4v) is 6.02. The fraction of sp³-hybridized carbons (Fsp3) is 0.294. The third-order valence-corrected chi connectivity index (χ3v) is 8.49. The topological polar surface area (TPSA) is 78.9 Å². The van der Waals surface area contributed by atoms with E-state index in [1.165, 1.54) is 22.9 Å². The lowest BCUT2D eigenvalue weighted by molar-refractivity contribution is 0.0570. The summed E-state index contributed by atoms with van der Waals surface area (Å²) >= 11 is 8.02. The Morgan fingerprint density at radius 2 is 1.48 bits per heavy atom. The Kier molecular flexibility index (Phi) is 11.1. The second-order valence-electron chi connectivity index (χ2n) is 10.4. The second-order valence-corrected chi connectivity index (χ2v) is 11.8. The van der Waals surface area contributed by atoms with Crippen molar-refractivity contribution < 1.29 is 14.3 Å². The Bertz CT molecular complexity index is 1520. The SMILES string of the molecule is CCOC(=O)N1CCN(C(=O)c2ccc(CSc3nc(Cl)cc(N(CCc4ccccc4)Cc4ccccc4)n3)cc2)CC1. The van der Waals surface area contributed by atoms with E-state index in [2.05, 4.69) is 46.3 Å². The van der Waals surface area contributed by atoms with Gasteiger partial charge in [-0.25, -0.2) is 14.8 Å². The van der Waals surface area contributed by atoms with Crippen molar-refractivity contribution in [2.75, 3.05) is 44.2 Å². The number of carbonyl (C=O) groups is 2. The van der Waals surface area contributed by atoms with Gasteiger partial charge >= 0.3 is 6.09 Å². The van der Waals surface area contributed by atoms with Gasteiger partial charge in [0.25, 0.3) is 5.91 Å². The van der Waals surface area contributed by atoms with E-state index in [1.807, 2.05) is 54.6 Å². The molecule has 0 atom stereocenters. The molecule has 4 aromatic rings. The normalized spacial score (nSPS) is 13.0. The Labute approximate surface area is 268 Å². The zero-order chi connectivity index (χ0) is 30.7. The maximum atomic E-state index is 13.1. The van der Waals surface area contributed by atoms with Crippen LogP contribution in [0.1, 0.15) is 34.0 Å². The highest BCUT2D eigenvalue weighted by Gasteiger charge is 2.25. The summed E-state index contributed by atoms with van der Waals surface area (Å²) in [4.78, 5) is 40.0.